The van der Waals surface area contributed by atoms with Crippen LogP contribution < -0.4 is 0 Å². The van der Waals surface area contributed by atoms with Crippen molar-refractivity contribution in [2.75, 3.05) is 4.43 Å². The van der Waals surface area contributed by atoms with Gasteiger partial charge in [-0.3, -0.25) is 0 Å². The van der Waals surface area contributed by atoms with Crippen LogP contribution in [0.4, 0.5) is 0 Å². The number of rotatable bonds is 11. The van der Waals surface area contributed by atoms with Gasteiger partial charge >= 0.3 is 0 Å². The molecule has 0 aliphatic carbocycles. The molecule has 0 rings (SSSR count). The number of hydrogen-bond donors (Lipinski definition) is 0. The van der Waals surface area contributed by atoms with E-state index in [2.05, 4.69) is 41.7 Å². The minimum Gasteiger partial charge on any atom is -0.0885 e. The smallest absolute Gasteiger partial charge is 0.000462 e. The minimum absolute atomic E-state index is 1.29. The molecule has 0 saturated heterocycles. The van der Waals surface area contributed by atoms with Gasteiger partial charge in [0.1, 0.15) is 0 Å². The topological polar surface area (TPSA) is 0 Å². The van der Waals surface area contributed by atoms with Crippen LogP contribution in [0, 0.1) is 0 Å². The van der Waals surface area contributed by atoms with Crippen LogP contribution in [0.3, 0.4) is 0 Å². The van der Waals surface area contributed by atoms with E-state index < -0.39 is 0 Å². The van der Waals surface area contributed by atoms with Gasteiger partial charge in [-0.25, -0.2) is 0 Å². The van der Waals surface area contributed by atoms with Crippen molar-refractivity contribution in [3.8, 4) is 0 Å². The van der Waals surface area contributed by atoms with Gasteiger partial charge in [0, 0.05) is 0 Å². The van der Waals surface area contributed by atoms with Gasteiger partial charge in [-0.2, -0.15) is 0 Å². The summed E-state index contributed by atoms with van der Waals surface area (Å²) in [5.74, 6) is 0. The Morgan fingerprint density at radius 3 is 1.87 bits per heavy atom. The normalized spacial score (nSPS) is 11.3. The SMILES string of the molecule is CCCCCCCC/C=C/CCCCI. The quantitative estimate of drug-likeness (QED) is 0.192. The molecule has 0 fully saturated rings. The molecule has 0 aromatic carbocycles. The Bertz CT molecular complexity index is 129. The molecule has 0 aliphatic heterocycles. The van der Waals surface area contributed by atoms with E-state index in [4.69, 9.17) is 0 Å². The van der Waals surface area contributed by atoms with E-state index in [-0.39, 0.29) is 0 Å². The number of alkyl halides is 1. The zero-order chi connectivity index (χ0) is 11.2. The van der Waals surface area contributed by atoms with Gasteiger partial charge in [0.2, 0.25) is 0 Å². The third-order valence-corrected chi connectivity index (χ3v) is 3.41. The van der Waals surface area contributed by atoms with Gasteiger partial charge in [-0.1, -0.05) is 73.8 Å². The van der Waals surface area contributed by atoms with E-state index in [1.807, 2.05) is 0 Å². The molecule has 0 nitrogen and oxygen atoms in total. The Morgan fingerprint density at radius 1 is 0.733 bits per heavy atom. The zero-order valence-electron chi connectivity index (χ0n) is 10.3. The summed E-state index contributed by atoms with van der Waals surface area (Å²) in [5.41, 5.74) is 0. The van der Waals surface area contributed by atoms with Crippen LogP contribution in [0.1, 0.15) is 71.1 Å². The highest BCUT2D eigenvalue weighted by atomic mass is 127. The van der Waals surface area contributed by atoms with Crippen LogP contribution in [0.5, 0.6) is 0 Å². The molecule has 0 unspecified atom stereocenters. The first kappa shape index (κ1) is 15.5. The fourth-order valence-corrected chi connectivity index (χ4v) is 2.17. The highest BCUT2D eigenvalue weighted by Crippen LogP contribution is 2.07. The summed E-state index contributed by atoms with van der Waals surface area (Å²) < 4.78 is 1.31. The van der Waals surface area contributed by atoms with Crippen molar-refractivity contribution in [2.45, 2.75) is 71.1 Å². The lowest BCUT2D eigenvalue weighted by Crippen LogP contribution is -1.78. The predicted octanol–water partition coefficient (Wildman–Crippen LogP) is 5.90. The fourth-order valence-electron chi connectivity index (χ4n) is 1.63. The van der Waals surface area contributed by atoms with E-state index >= 15 is 0 Å². The second-order valence-corrected chi connectivity index (χ2v) is 5.29. The highest BCUT2D eigenvalue weighted by molar-refractivity contribution is 14.1. The molecule has 0 amide bonds. The van der Waals surface area contributed by atoms with Crippen LogP contribution in [0.15, 0.2) is 12.2 Å². The molecule has 0 saturated carbocycles. The third kappa shape index (κ3) is 14.5. The number of allylic oxidation sites excluding steroid dienone is 2. The summed E-state index contributed by atoms with van der Waals surface area (Å²) in [4.78, 5) is 0. The van der Waals surface area contributed by atoms with Crippen molar-refractivity contribution in [1.29, 1.82) is 0 Å². The monoisotopic (exact) mass is 322 g/mol. The molecule has 90 valence electrons. The number of unbranched alkanes of at least 4 members (excludes halogenated alkanes) is 8. The Kier molecular flexibility index (Phi) is 14.9. The Morgan fingerprint density at radius 2 is 1.27 bits per heavy atom. The van der Waals surface area contributed by atoms with E-state index in [0.29, 0.717) is 0 Å². The Balaban J connectivity index is 2.96. The van der Waals surface area contributed by atoms with Gasteiger partial charge in [0.25, 0.3) is 0 Å². The first-order valence-electron chi connectivity index (χ1n) is 6.62. The van der Waals surface area contributed by atoms with Crippen LogP contribution in [-0.2, 0) is 0 Å². The molecule has 0 heterocycles. The van der Waals surface area contributed by atoms with Crippen molar-refractivity contribution < 1.29 is 0 Å². The fraction of sp³-hybridized carbons (Fsp3) is 0.857. The molecular formula is C14H27I. The Hall–Kier alpha value is 0.470. The maximum absolute atomic E-state index is 2.45. The van der Waals surface area contributed by atoms with E-state index in [0.717, 1.165) is 0 Å². The third-order valence-electron chi connectivity index (χ3n) is 2.65. The molecule has 0 atom stereocenters. The molecule has 0 N–H and O–H groups in total. The standard InChI is InChI=1S/C14H27I/c1-2-3-4-5-6-7-8-9-10-11-12-13-14-15/h9-10H,2-8,11-14H2,1H3/b10-9+. The lowest BCUT2D eigenvalue weighted by Gasteiger charge is -1.97. The summed E-state index contributed by atoms with van der Waals surface area (Å²) >= 11 is 2.45. The van der Waals surface area contributed by atoms with Crippen molar-refractivity contribution in [3.05, 3.63) is 12.2 Å². The summed E-state index contributed by atoms with van der Waals surface area (Å²) in [6.07, 6.45) is 18.6. The molecule has 0 radical (unpaired) electrons. The first-order valence-corrected chi connectivity index (χ1v) is 8.15. The molecule has 0 aromatic rings. The second-order valence-electron chi connectivity index (χ2n) is 4.21. The molecule has 0 bridgehead atoms. The lowest BCUT2D eigenvalue weighted by molar-refractivity contribution is 0.611. The highest BCUT2D eigenvalue weighted by Gasteiger charge is 1.88. The number of hydrogen-bond acceptors (Lipinski definition) is 0. The zero-order valence-corrected chi connectivity index (χ0v) is 12.5. The van der Waals surface area contributed by atoms with Gasteiger partial charge in [0.05, 0.1) is 0 Å². The van der Waals surface area contributed by atoms with Crippen molar-refractivity contribution in [1.82, 2.24) is 0 Å². The maximum atomic E-state index is 2.45. The van der Waals surface area contributed by atoms with Gasteiger partial charge in [-0.05, 0) is 36.5 Å². The van der Waals surface area contributed by atoms with Crippen molar-refractivity contribution >= 4 is 22.6 Å². The van der Waals surface area contributed by atoms with Crippen LogP contribution >= 0.6 is 22.6 Å². The maximum Gasteiger partial charge on any atom is -0.000462 e. The first-order chi connectivity index (χ1) is 7.41. The molecular weight excluding hydrogens is 295 g/mol. The average molecular weight is 322 g/mol. The van der Waals surface area contributed by atoms with Crippen molar-refractivity contribution in [2.24, 2.45) is 0 Å². The summed E-state index contributed by atoms with van der Waals surface area (Å²) in [7, 11) is 0. The second kappa shape index (κ2) is 14.5. The van der Waals surface area contributed by atoms with Gasteiger partial charge in [0.15, 0.2) is 0 Å². The van der Waals surface area contributed by atoms with E-state index in [9.17, 15) is 0 Å². The van der Waals surface area contributed by atoms with Crippen molar-refractivity contribution in [3.63, 3.8) is 0 Å². The molecule has 0 aromatic heterocycles. The molecule has 15 heavy (non-hydrogen) atoms. The average Bonchev–Trinajstić information content (AvgIpc) is 2.26. The molecule has 1 heteroatoms. The minimum atomic E-state index is 1.29. The van der Waals surface area contributed by atoms with E-state index in [1.165, 1.54) is 68.6 Å². The van der Waals surface area contributed by atoms with Crippen LogP contribution in [0.25, 0.3) is 0 Å². The van der Waals surface area contributed by atoms with E-state index in [1.54, 1.807) is 0 Å². The largest absolute Gasteiger partial charge is 0.0885 e. The predicted molar refractivity (Wildman–Crippen MR) is 79.9 cm³/mol. The summed E-state index contributed by atoms with van der Waals surface area (Å²) in [6, 6.07) is 0. The Labute approximate surface area is 110 Å². The summed E-state index contributed by atoms with van der Waals surface area (Å²) in [6.45, 7) is 2.28. The number of halogens is 1. The van der Waals surface area contributed by atoms with Crippen LogP contribution in [-0.4, -0.2) is 4.43 Å². The van der Waals surface area contributed by atoms with Gasteiger partial charge < -0.3 is 0 Å². The lowest BCUT2D eigenvalue weighted by atomic mass is 10.1. The molecule has 0 aliphatic rings. The molecule has 0 spiro atoms. The summed E-state index contributed by atoms with van der Waals surface area (Å²) in [5, 5.41) is 0. The van der Waals surface area contributed by atoms with Gasteiger partial charge in [-0.15, -0.1) is 0 Å². The van der Waals surface area contributed by atoms with Crippen LogP contribution in [0.2, 0.25) is 0 Å².